The number of anilines is 1. The highest BCUT2D eigenvalue weighted by molar-refractivity contribution is 6.34. The average Bonchev–Trinajstić information content (AvgIpc) is 2.41. The number of ketones is 1. The molecule has 106 valence electrons. The molecule has 1 N–H and O–H groups in total. The molecule has 0 bridgehead atoms. The molecule has 1 aliphatic rings. The van der Waals surface area contributed by atoms with Crippen LogP contribution in [-0.4, -0.2) is 18.0 Å². The summed E-state index contributed by atoms with van der Waals surface area (Å²) in [6, 6.07) is 4.76. The number of ether oxygens (including phenoxy) is 1. The van der Waals surface area contributed by atoms with E-state index in [1.807, 2.05) is 6.08 Å². The van der Waals surface area contributed by atoms with Crippen molar-refractivity contribution in [2.75, 3.05) is 5.32 Å². The molecule has 2 rings (SSSR count). The second-order valence-corrected chi connectivity index (χ2v) is 5.09. The number of Topliss-reactive ketones (excluding diaryl/α,β-unsaturated/α-hetero) is 1. The minimum Gasteiger partial charge on any atom is -0.446 e. The van der Waals surface area contributed by atoms with Gasteiger partial charge >= 0.3 is 6.09 Å². The van der Waals surface area contributed by atoms with Gasteiger partial charge in [-0.1, -0.05) is 23.8 Å². The zero-order valence-electron chi connectivity index (χ0n) is 11.2. The van der Waals surface area contributed by atoms with Gasteiger partial charge in [-0.15, -0.1) is 0 Å². The zero-order chi connectivity index (χ0) is 14.5. The predicted octanol–water partition coefficient (Wildman–Crippen LogP) is 4.20. The molecule has 1 aromatic rings. The summed E-state index contributed by atoms with van der Waals surface area (Å²) < 4.78 is 5.31. The number of hydrogen-bond donors (Lipinski definition) is 1. The van der Waals surface area contributed by atoms with Gasteiger partial charge in [0.2, 0.25) is 0 Å². The van der Waals surface area contributed by atoms with E-state index in [0.717, 1.165) is 19.3 Å². The normalized spacial score (nSPS) is 17.6. The monoisotopic (exact) mass is 293 g/mol. The van der Waals surface area contributed by atoms with Crippen molar-refractivity contribution in [2.45, 2.75) is 32.3 Å². The van der Waals surface area contributed by atoms with Crippen molar-refractivity contribution in [2.24, 2.45) is 0 Å². The number of halogens is 1. The molecule has 20 heavy (non-hydrogen) atoms. The van der Waals surface area contributed by atoms with Crippen LogP contribution in [0, 0.1) is 0 Å². The molecule has 5 heteroatoms. The fraction of sp³-hybridized carbons (Fsp3) is 0.333. The number of allylic oxidation sites excluding steroid dienone is 1. The molecule has 1 amide bonds. The maximum Gasteiger partial charge on any atom is 0.411 e. The Labute approximate surface area is 122 Å². The first kappa shape index (κ1) is 14.6. The molecule has 0 saturated carbocycles. The molecule has 0 fully saturated rings. The lowest BCUT2D eigenvalue weighted by Gasteiger charge is -2.18. The Hall–Kier alpha value is -1.81. The highest BCUT2D eigenvalue weighted by Crippen LogP contribution is 2.22. The first-order valence-corrected chi connectivity index (χ1v) is 6.87. The lowest BCUT2D eigenvalue weighted by atomic mass is 10.1. The van der Waals surface area contributed by atoms with E-state index in [0.29, 0.717) is 16.3 Å². The first-order chi connectivity index (χ1) is 9.56. The Bertz CT molecular complexity index is 554. The van der Waals surface area contributed by atoms with Crippen LogP contribution in [0.5, 0.6) is 0 Å². The maximum atomic E-state index is 11.8. The number of rotatable bonds is 3. The van der Waals surface area contributed by atoms with Crippen molar-refractivity contribution < 1.29 is 14.3 Å². The Balaban J connectivity index is 1.98. The van der Waals surface area contributed by atoms with Gasteiger partial charge in [0.1, 0.15) is 6.10 Å². The fourth-order valence-electron chi connectivity index (χ4n) is 2.04. The van der Waals surface area contributed by atoms with Gasteiger partial charge in [0.05, 0.1) is 5.02 Å². The molecule has 0 radical (unpaired) electrons. The number of carbonyl (C=O) groups excluding carboxylic acids is 2. The number of amides is 1. The minimum atomic E-state index is -0.512. The van der Waals surface area contributed by atoms with Crippen LogP contribution in [0.3, 0.4) is 0 Å². The highest BCUT2D eigenvalue weighted by atomic mass is 35.5. The smallest absolute Gasteiger partial charge is 0.411 e. The molecule has 0 aliphatic heterocycles. The van der Waals surface area contributed by atoms with Gasteiger partial charge in [-0.25, -0.2) is 4.79 Å². The lowest BCUT2D eigenvalue weighted by Crippen LogP contribution is -2.23. The topological polar surface area (TPSA) is 55.4 Å². The SMILES string of the molecule is CC(=O)c1cc(NC(=O)O[C@@H]2CC=CCC2)ccc1Cl. The van der Waals surface area contributed by atoms with E-state index in [4.69, 9.17) is 16.3 Å². The van der Waals surface area contributed by atoms with Crippen LogP contribution in [-0.2, 0) is 4.74 Å². The third-order valence-corrected chi connectivity index (χ3v) is 3.42. The van der Waals surface area contributed by atoms with Gasteiger partial charge in [-0.2, -0.15) is 0 Å². The van der Waals surface area contributed by atoms with E-state index in [2.05, 4.69) is 11.4 Å². The van der Waals surface area contributed by atoms with Crippen LogP contribution in [0.15, 0.2) is 30.4 Å². The van der Waals surface area contributed by atoms with Crippen molar-refractivity contribution in [1.82, 2.24) is 0 Å². The summed E-state index contributed by atoms with van der Waals surface area (Å²) in [5.41, 5.74) is 0.876. The minimum absolute atomic E-state index is 0.0837. The average molecular weight is 294 g/mol. The number of benzene rings is 1. The van der Waals surface area contributed by atoms with E-state index in [1.54, 1.807) is 18.2 Å². The highest BCUT2D eigenvalue weighted by Gasteiger charge is 2.15. The van der Waals surface area contributed by atoms with Crippen LogP contribution in [0.25, 0.3) is 0 Å². The largest absolute Gasteiger partial charge is 0.446 e. The molecule has 0 unspecified atom stereocenters. The summed E-state index contributed by atoms with van der Waals surface area (Å²) in [5.74, 6) is -0.149. The Kier molecular flexibility index (Phi) is 4.79. The number of carbonyl (C=O) groups is 2. The Morgan fingerprint density at radius 2 is 2.15 bits per heavy atom. The summed E-state index contributed by atoms with van der Waals surface area (Å²) in [7, 11) is 0. The van der Waals surface area contributed by atoms with Crippen LogP contribution in [0.2, 0.25) is 5.02 Å². The molecule has 1 aromatic carbocycles. The van der Waals surface area contributed by atoms with Gasteiger partial charge in [0, 0.05) is 17.7 Å². The van der Waals surface area contributed by atoms with Crippen molar-refractivity contribution in [3.05, 3.63) is 40.9 Å². The third-order valence-electron chi connectivity index (χ3n) is 3.09. The van der Waals surface area contributed by atoms with Crippen LogP contribution in [0.1, 0.15) is 36.5 Å². The van der Waals surface area contributed by atoms with Crippen molar-refractivity contribution in [3.63, 3.8) is 0 Å². The standard InChI is InChI=1S/C15H16ClNO3/c1-10(18)13-9-11(7-8-14(13)16)17-15(19)20-12-5-3-2-4-6-12/h2-3,7-9,12H,4-6H2,1H3,(H,17,19)/t12-/m1/s1. The Morgan fingerprint density at radius 1 is 1.35 bits per heavy atom. The summed E-state index contributed by atoms with van der Waals surface area (Å²) in [6.07, 6.45) is 6.00. The maximum absolute atomic E-state index is 11.8. The molecule has 0 spiro atoms. The Morgan fingerprint density at radius 3 is 2.80 bits per heavy atom. The van der Waals surface area contributed by atoms with Crippen molar-refractivity contribution in [3.8, 4) is 0 Å². The van der Waals surface area contributed by atoms with E-state index < -0.39 is 6.09 Å². The number of nitrogens with one attached hydrogen (secondary N) is 1. The third kappa shape index (κ3) is 3.84. The molecule has 4 nitrogen and oxygen atoms in total. The summed E-state index contributed by atoms with van der Waals surface area (Å²) in [4.78, 5) is 23.2. The van der Waals surface area contributed by atoms with E-state index in [9.17, 15) is 9.59 Å². The van der Waals surface area contributed by atoms with Gasteiger partial charge in [-0.3, -0.25) is 10.1 Å². The second-order valence-electron chi connectivity index (χ2n) is 4.69. The second kappa shape index (κ2) is 6.57. The van der Waals surface area contributed by atoms with Crippen LogP contribution in [0.4, 0.5) is 10.5 Å². The van der Waals surface area contributed by atoms with Gasteiger partial charge in [0.25, 0.3) is 0 Å². The van der Waals surface area contributed by atoms with E-state index >= 15 is 0 Å². The van der Waals surface area contributed by atoms with E-state index in [-0.39, 0.29) is 11.9 Å². The molecule has 1 atom stereocenters. The summed E-state index contributed by atoms with van der Waals surface area (Å²) >= 11 is 5.91. The predicted molar refractivity (Wildman–Crippen MR) is 78.3 cm³/mol. The summed E-state index contributed by atoms with van der Waals surface area (Å²) in [6.45, 7) is 1.43. The van der Waals surface area contributed by atoms with Crippen LogP contribution >= 0.6 is 11.6 Å². The molecule has 0 heterocycles. The first-order valence-electron chi connectivity index (χ1n) is 6.49. The van der Waals surface area contributed by atoms with Crippen molar-refractivity contribution in [1.29, 1.82) is 0 Å². The van der Waals surface area contributed by atoms with Gasteiger partial charge in [-0.05, 0) is 38.0 Å². The molecular formula is C15H16ClNO3. The molecule has 0 saturated heterocycles. The van der Waals surface area contributed by atoms with E-state index in [1.165, 1.54) is 6.92 Å². The quantitative estimate of drug-likeness (QED) is 0.671. The molecule has 1 aliphatic carbocycles. The van der Waals surface area contributed by atoms with Gasteiger partial charge in [0.15, 0.2) is 5.78 Å². The summed E-state index contributed by atoms with van der Waals surface area (Å²) in [5, 5.41) is 2.98. The van der Waals surface area contributed by atoms with Crippen molar-refractivity contribution >= 4 is 29.2 Å². The van der Waals surface area contributed by atoms with Gasteiger partial charge < -0.3 is 4.74 Å². The zero-order valence-corrected chi connectivity index (χ0v) is 11.9. The fourth-order valence-corrected chi connectivity index (χ4v) is 2.29. The lowest BCUT2D eigenvalue weighted by molar-refractivity contribution is 0.101. The molecule has 0 aromatic heterocycles. The molecular weight excluding hydrogens is 278 g/mol. The van der Waals surface area contributed by atoms with Crippen LogP contribution < -0.4 is 5.32 Å². The number of hydrogen-bond acceptors (Lipinski definition) is 3.